The topological polar surface area (TPSA) is 80.3 Å². The summed E-state index contributed by atoms with van der Waals surface area (Å²) in [5, 5.41) is 1.04. The van der Waals surface area contributed by atoms with Gasteiger partial charge in [0.05, 0.1) is 4.90 Å². The summed E-state index contributed by atoms with van der Waals surface area (Å²) in [5.41, 5.74) is -4.96. The van der Waals surface area contributed by atoms with Crippen molar-refractivity contribution in [2.75, 3.05) is 0 Å². The van der Waals surface area contributed by atoms with Crippen LogP contribution in [0.25, 0.3) is 16.8 Å². The number of sulfonamides is 2. The Morgan fingerprint density at radius 2 is 1.52 bits per heavy atom. The van der Waals surface area contributed by atoms with Gasteiger partial charge in [-0.1, -0.05) is 35.0 Å². The highest BCUT2D eigenvalue weighted by Gasteiger charge is 2.48. The lowest BCUT2D eigenvalue weighted by atomic mass is 10.1. The first-order chi connectivity index (χ1) is 10.5. The predicted octanol–water partition coefficient (Wildman–Crippen LogP) is 2.61. The Bertz CT molecular complexity index is 980. The van der Waals surface area contributed by atoms with Crippen molar-refractivity contribution >= 4 is 36.9 Å². The van der Waals surface area contributed by atoms with Gasteiger partial charge in [-0.25, -0.2) is 16.8 Å². The van der Waals surface area contributed by atoms with Gasteiger partial charge in [-0.2, -0.15) is 13.2 Å². The zero-order valence-electron chi connectivity index (χ0n) is 11.3. The van der Waals surface area contributed by atoms with Gasteiger partial charge >= 0.3 is 15.5 Å². The van der Waals surface area contributed by atoms with E-state index >= 15 is 0 Å². The van der Waals surface area contributed by atoms with Crippen LogP contribution >= 0.6 is 0 Å². The molecule has 0 atom stereocenters. The molecule has 124 valence electrons. The molecule has 5 nitrogen and oxygen atoms in total. The third-order valence-electron chi connectivity index (χ3n) is 2.91. The molecule has 0 bridgehead atoms. The van der Waals surface area contributed by atoms with Gasteiger partial charge in [0.15, 0.2) is 0 Å². The van der Waals surface area contributed by atoms with Crippen LogP contribution in [0, 0.1) is 0 Å². The number of hydrogen-bond acceptors (Lipinski definition) is 4. The van der Waals surface area contributed by atoms with E-state index in [1.54, 1.807) is 24.3 Å². The van der Waals surface area contributed by atoms with E-state index in [2.05, 4.69) is 6.58 Å². The van der Waals surface area contributed by atoms with Crippen molar-refractivity contribution in [1.82, 2.24) is 4.13 Å². The van der Waals surface area contributed by atoms with Crippen LogP contribution in [0.15, 0.2) is 47.9 Å². The van der Waals surface area contributed by atoms with Crippen molar-refractivity contribution < 1.29 is 30.0 Å². The molecule has 0 aliphatic heterocycles. The quantitative estimate of drug-likeness (QED) is 0.903. The molecule has 0 heterocycles. The zero-order chi connectivity index (χ0) is 17.5. The molecule has 1 N–H and O–H groups in total. The fraction of sp³-hybridized carbons (Fsp3) is 0.0769. The van der Waals surface area contributed by atoms with Crippen LogP contribution in [0.1, 0.15) is 5.56 Å². The number of fused-ring (bicyclic) bond motifs is 1. The van der Waals surface area contributed by atoms with E-state index in [0.29, 0.717) is 14.9 Å². The lowest BCUT2D eigenvalue weighted by molar-refractivity contribution is -0.0441. The Hall–Kier alpha value is -1.91. The van der Waals surface area contributed by atoms with Crippen LogP contribution in [-0.4, -0.2) is 22.3 Å². The molecular weight excluding hydrogens is 355 g/mol. The van der Waals surface area contributed by atoms with Gasteiger partial charge in [0, 0.05) is 0 Å². The summed E-state index contributed by atoms with van der Waals surface area (Å²) in [6.45, 7) is 3.58. The lowest BCUT2D eigenvalue weighted by Gasteiger charge is -2.10. The maximum absolute atomic E-state index is 12.3. The lowest BCUT2D eigenvalue weighted by Crippen LogP contribution is -2.40. The summed E-state index contributed by atoms with van der Waals surface area (Å²) in [5.74, 6) is 0. The van der Waals surface area contributed by atoms with E-state index in [1.807, 2.05) is 0 Å². The second-order valence-electron chi connectivity index (χ2n) is 4.51. The monoisotopic (exact) mass is 365 g/mol. The number of nitrogens with one attached hydrogen (secondary N) is 1. The zero-order valence-corrected chi connectivity index (χ0v) is 13.0. The average Bonchev–Trinajstić information content (AvgIpc) is 2.43. The van der Waals surface area contributed by atoms with Crippen LogP contribution in [-0.2, 0) is 20.0 Å². The summed E-state index contributed by atoms with van der Waals surface area (Å²) in [6, 6.07) is 8.32. The van der Waals surface area contributed by atoms with Crippen molar-refractivity contribution in [3.8, 4) is 0 Å². The van der Waals surface area contributed by atoms with Gasteiger partial charge in [0.25, 0.3) is 10.0 Å². The molecule has 23 heavy (non-hydrogen) atoms. The van der Waals surface area contributed by atoms with E-state index < -0.39 is 30.5 Å². The summed E-state index contributed by atoms with van der Waals surface area (Å²) in [7, 11) is -10.9. The molecule has 10 heteroatoms. The molecule has 2 aromatic rings. The molecule has 0 aliphatic rings. The molecule has 0 saturated carbocycles. The molecule has 0 fully saturated rings. The molecule has 0 aromatic heterocycles. The summed E-state index contributed by atoms with van der Waals surface area (Å²) in [4.78, 5) is -0.593. The SMILES string of the molecule is C=Cc1ccc2cc(S(=O)(=O)NS(=O)(=O)C(F)(F)F)ccc2c1. The maximum Gasteiger partial charge on any atom is 0.512 e. The van der Waals surface area contributed by atoms with Gasteiger partial charge in [-0.3, -0.25) is 0 Å². The van der Waals surface area contributed by atoms with Gasteiger partial charge in [-0.05, 0) is 34.5 Å². The first kappa shape index (κ1) is 17.4. The third-order valence-corrected chi connectivity index (χ3v) is 6.15. The molecule has 2 rings (SSSR count). The highest BCUT2D eigenvalue weighted by atomic mass is 32.3. The second kappa shape index (κ2) is 5.62. The van der Waals surface area contributed by atoms with Crippen molar-refractivity contribution in [3.63, 3.8) is 0 Å². The molecule has 0 spiro atoms. The molecule has 0 aliphatic carbocycles. The van der Waals surface area contributed by atoms with Crippen LogP contribution < -0.4 is 4.13 Å². The van der Waals surface area contributed by atoms with Crippen LogP contribution in [0.3, 0.4) is 0 Å². The van der Waals surface area contributed by atoms with Crippen LogP contribution in [0.5, 0.6) is 0 Å². The van der Waals surface area contributed by atoms with Gasteiger partial charge in [0.1, 0.15) is 0 Å². The minimum Gasteiger partial charge on any atom is -0.206 e. The van der Waals surface area contributed by atoms with Gasteiger partial charge in [0.2, 0.25) is 0 Å². The summed E-state index contributed by atoms with van der Waals surface area (Å²) in [6.07, 6.45) is 1.57. The molecule has 0 radical (unpaired) electrons. The van der Waals surface area contributed by atoms with Gasteiger partial charge in [-0.15, -0.1) is 0 Å². The Morgan fingerprint density at radius 1 is 0.957 bits per heavy atom. The summed E-state index contributed by atoms with van der Waals surface area (Å²) >= 11 is 0. The first-order valence-corrected chi connectivity index (χ1v) is 8.94. The van der Waals surface area contributed by atoms with E-state index in [1.165, 1.54) is 6.07 Å². The highest BCUT2D eigenvalue weighted by molar-refractivity contribution is 8.05. The number of benzene rings is 2. The average molecular weight is 365 g/mol. The molecule has 2 aromatic carbocycles. The molecular formula is C13H10F3NO4S2. The Balaban J connectivity index is 2.49. The number of alkyl halides is 3. The predicted molar refractivity (Wildman–Crippen MR) is 79.3 cm³/mol. The normalized spacial score (nSPS) is 13.2. The van der Waals surface area contributed by atoms with Crippen LogP contribution in [0.2, 0.25) is 0 Å². The minimum absolute atomic E-state index is 0.419. The molecule has 0 amide bonds. The Morgan fingerprint density at radius 3 is 2.09 bits per heavy atom. The fourth-order valence-corrected chi connectivity index (χ4v) is 4.22. The van der Waals surface area contributed by atoms with E-state index in [-0.39, 0.29) is 0 Å². The minimum atomic E-state index is -6.02. The van der Waals surface area contributed by atoms with Gasteiger partial charge < -0.3 is 0 Å². The first-order valence-electron chi connectivity index (χ1n) is 5.97. The van der Waals surface area contributed by atoms with Crippen molar-refractivity contribution in [2.45, 2.75) is 10.4 Å². The van der Waals surface area contributed by atoms with Crippen LogP contribution in [0.4, 0.5) is 13.2 Å². The highest BCUT2D eigenvalue weighted by Crippen LogP contribution is 2.25. The maximum atomic E-state index is 12.3. The molecule has 0 unspecified atom stereocenters. The summed E-state index contributed by atoms with van der Waals surface area (Å²) < 4.78 is 83.2. The number of rotatable bonds is 4. The Kier molecular flexibility index (Phi) is 4.26. The van der Waals surface area contributed by atoms with Crippen molar-refractivity contribution in [2.24, 2.45) is 0 Å². The fourth-order valence-electron chi connectivity index (χ4n) is 1.78. The largest absolute Gasteiger partial charge is 0.512 e. The number of halogens is 3. The second-order valence-corrected chi connectivity index (χ2v) is 8.12. The van der Waals surface area contributed by atoms with E-state index in [0.717, 1.165) is 17.7 Å². The third kappa shape index (κ3) is 3.54. The van der Waals surface area contributed by atoms with E-state index in [4.69, 9.17) is 0 Å². The standard InChI is InChI=1S/C13H10F3NO4S2/c1-2-9-3-4-11-8-12(6-5-10(11)7-9)22(18,19)17-23(20,21)13(14,15)16/h2-8,17H,1H2. The Labute approximate surface area is 130 Å². The van der Waals surface area contributed by atoms with Crippen molar-refractivity contribution in [3.05, 3.63) is 48.5 Å². The van der Waals surface area contributed by atoms with E-state index in [9.17, 15) is 30.0 Å². The van der Waals surface area contributed by atoms with Crippen molar-refractivity contribution in [1.29, 1.82) is 0 Å². The molecule has 0 saturated heterocycles. The smallest absolute Gasteiger partial charge is 0.206 e. The number of hydrogen-bond donors (Lipinski definition) is 1.